The summed E-state index contributed by atoms with van der Waals surface area (Å²) in [5.74, 6) is -1.17. The second kappa shape index (κ2) is 7.62. The molecule has 3 aromatic rings. The second-order valence-corrected chi connectivity index (χ2v) is 5.84. The molecule has 0 aliphatic carbocycles. The Bertz CT molecular complexity index is 864. The highest BCUT2D eigenvalue weighted by Gasteiger charge is 2.19. The molecule has 0 saturated carbocycles. The third-order valence-electron chi connectivity index (χ3n) is 4.08. The van der Waals surface area contributed by atoms with Crippen molar-refractivity contribution in [2.75, 3.05) is 5.32 Å². The lowest BCUT2D eigenvalue weighted by Gasteiger charge is -2.09. The molecular weight excluding hydrogens is 312 g/mol. The van der Waals surface area contributed by atoms with Gasteiger partial charge in [-0.1, -0.05) is 49.4 Å². The van der Waals surface area contributed by atoms with Crippen molar-refractivity contribution in [1.82, 2.24) is 4.57 Å². The Morgan fingerprint density at radius 1 is 0.880 bits per heavy atom. The van der Waals surface area contributed by atoms with Gasteiger partial charge in [0.1, 0.15) is 0 Å². The van der Waals surface area contributed by atoms with Gasteiger partial charge in [-0.25, -0.2) is 0 Å². The van der Waals surface area contributed by atoms with Crippen LogP contribution in [0.15, 0.2) is 72.9 Å². The normalized spacial score (nSPS) is 10.4. The molecule has 4 nitrogen and oxygen atoms in total. The maximum absolute atomic E-state index is 12.5. The Morgan fingerprint density at radius 3 is 2.28 bits per heavy atom. The van der Waals surface area contributed by atoms with Crippen molar-refractivity contribution in [3.8, 4) is 0 Å². The number of amides is 1. The van der Waals surface area contributed by atoms with E-state index < -0.39 is 11.7 Å². The molecule has 3 rings (SSSR count). The SMILES string of the molecule is CCc1ccc(NC(=O)C(=O)c2cccn2Cc2ccccc2)cc1. The van der Waals surface area contributed by atoms with Crippen molar-refractivity contribution in [2.45, 2.75) is 19.9 Å². The van der Waals surface area contributed by atoms with Gasteiger partial charge in [0.05, 0.1) is 5.69 Å². The topological polar surface area (TPSA) is 51.1 Å². The van der Waals surface area contributed by atoms with Crippen molar-refractivity contribution >= 4 is 17.4 Å². The summed E-state index contributed by atoms with van der Waals surface area (Å²) in [6.45, 7) is 2.62. The van der Waals surface area contributed by atoms with Crippen LogP contribution in [0, 0.1) is 0 Å². The summed E-state index contributed by atoms with van der Waals surface area (Å²) < 4.78 is 1.79. The lowest BCUT2D eigenvalue weighted by molar-refractivity contribution is -0.112. The summed E-state index contributed by atoms with van der Waals surface area (Å²) in [5, 5.41) is 2.67. The van der Waals surface area contributed by atoms with E-state index >= 15 is 0 Å². The molecule has 1 N–H and O–H groups in total. The highest BCUT2D eigenvalue weighted by molar-refractivity contribution is 6.46. The molecule has 0 bridgehead atoms. The molecule has 1 aromatic heterocycles. The highest BCUT2D eigenvalue weighted by atomic mass is 16.2. The number of aryl methyl sites for hydroxylation is 1. The van der Waals surface area contributed by atoms with Gasteiger partial charge in [0.2, 0.25) is 0 Å². The third kappa shape index (κ3) is 4.04. The van der Waals surface area contributed by atoms with Gasteiger partial charge in [0.15, 0.2) is 0 Å². The number of hydrogen-bond acceptors (Lipinski definition) is 2. The quantitative estimate of drug-likeness (QED) is 0.549. The summed E-state index contributed by atoms with van der Waals surface area (Å²) in [4.78, 5) is 24.8. The molecular formula is C21H20N2O2. The maximum atomic E-state index is 12.5. The van der Waals surface area contributed by atoms with Gasteiger partial charge in [0, 0.05) is 18.4 Å². The van der Waals surface area contributed by atoms with E-state index in [1.807, 2.05) is 60.8 Å². The van der Waals surface area contributed by atoms with E-state index in [0.717, 1.165) is 12.0 Å². The van der Waals surface area contributed by atoms with Gasteiger partial charge in [-0.2, -0.15) is 0 Å². The predicted octanol–water partition coefficient (Wildman–Crippen LogP) is 3.92. The standard InChI is InChI=1S/C21H20N2O2/c1-2-16-10-12-18(13-11-16)22-21(25)20(24)19-9-6-14-23(19)15-17-7-4-3-5-8-17/h3-14H,2,15H2,1H3,(H,22,25). The number of Topliss-reactive ketones (excluding diaryl/α,β-unsaturated/α-hetero) is 1. The lowest BCUT2D eigenvalue weighted by Crippen LogP contribution is -2.25. The Hall–Kier alpha value is -3.14. The Labute approximate surface area is 147 Å². The van der Waals surface area contributed by atoms with Crippen LogP contribution in [0.4, 0.5) is 5.69 Å². The first kappa shape index (κ1) is 16.7. The first-order chi connectivity index (χ1) is 12.2. The zero-order valence-electron chi connectivity index (χ0n) is 14.1. The molecule has 0 fully saturated rings. The van der Waals surface area contributed by atoms with Gasteiger partial charge in [-0.05, 0) is 41.8 Å². The average Bonchev–Trinajstić information content (AvgIpc) is 3.10. The zero-order chi connectivity index (χ0) is 17.6. The van der Waals surface area contributed by atoms with Gasteiger partial charge in [0.25, 0.3) is 11.7 Å². The van der Waals surface area contributed by atoms with E-state index in [9.17, 15) is 9.59 Å². The number of aromatic nitrogens is 1. The van der Waals surface area contributed by atoms with Crippen LogP contribution in [0.25, 0.3) is 0 Å². The summed E-state index contributed by atoms with van der Waals surface area (Å²) in [6.07, 6.45) is 2.74. The van der Waals surface area contributed by atoms with E-state index in [-0.39, 0.29) is 0 Å². The number of nitrogens with zero attached hydrogens (tertiary/aromatic N) is 1. The minimum Gasteiger partial charge on any atom is -0.340 e. The summed E-state index contributed by atoms with van der Waals surface area (Å²) >= 11 is 0. The number of benzene rings is 2. The van der Waals surface area contributed by atoms with Crippen molar-refractivity contribution in [1.29, 1.82) is 0 Å². The van der Waals surface area contributed by atoms with E-state index in [2.05, 4.69) is 12.2 Å². The molecule has 25 heavy (non-hydrogen) atoms. The van der Waals surface area contributed by atoms with Crippen molar-refractivity contribution in [3.63, 3.8) is 0 Å². The number of ketones is 1. The molecule has 0 atom stereocenters. The van der Waals surface area contributed by atoms with Crippen molar-refractivity contribution < 1.29 is 9.59 Å². The van der Waals surface area contributed by atoms with Crippen LogP contribution in [0.3, 0.4) is 0 Å². The Balaban J connectivity index is 1.72. The average molecular weight is 332 g/mol. The number of carbonyl (C=O) groups is 2. The summed E-state index contributed by atoms with van der Waals surface area (Å²) in [6, 6.07) is 20.8. The van der Waals surface area contributed by atoms with Crippen LogP contribution in [-0.2, 0) is 17.8 Å². The van der Waals surface area contributed by atoms with Gasteiger partial charge in [-0.3, -0.25) is 9.59 Å². The van der Waals surface area contributed by atoms with E-state index in [0.29, 0.717) is 17.9 Å². The van der Waals surface area contributed by atoms with Gasteiger partial charge in [-0.15, -0.1) is 0 Å². The van der Waals surface area contributed by atoms with Crippen LogP contribution in [0.2, 0.25) is 0 Å². The summed E-state index contributed by atoms with van der Waals surface area (Å²) in [5.41, 5.74) is 3.26. The van der Waals surface area contributed by atoms with Crippen LogP contribution >= 0.6 is 0 Å². The smallest absolute Gasteiger partial charge is 0.298 e. The Morgan fingerprint density at radius 2 is 1.60 bits per heavy atom. The molecule has 1 amide bonds. The lowest BCUT2D eigenvalue weighted by atomic mass is 10.1. The minimum atomic E-state index is -0.628. The highest BCUT2D eigenvalue weighted by Crippen LogP contribution is 2.12. The molecule has 0 saturated heterocycles. The molecule has 0 aliphatic rings. The van der Waals surface area contributed by atoms with Gasteiger partial charge < -0.3 is 9.88 Å². The molecule has 2 aromatic carbocycles. The molecule has 0 unspecified atom stereocenters. The minimum absolute atomic E-state index is 0.381. The number of rotatable bonds is 6. The van der Waals surface area contributed by atoms with Gasteiger partial charge >= 0.3 is 0 Å². The van der Waals surface area contributed by atoms with Crippen molar-refractivity contribution in [2.24, 2.45) is 0 Å². The first-order valence-corrected chi connectivity index (χ1v) is 8.31. The molecule has 1 heterocycles. The molecule has 4 heteroatoms. The van der Waals surface area contributed by atoms with E-state index in [1.54, 1.807) is 16.7 Å². The molecule has 0 radical (unpaired) electrons. The maximum Gasteiger partial charge on any atom is 0.298 e. The Kier molecular flexibility index (Phi) is 5.09. The first-order valence-electron chi connectivity index (χ1n) is 8.31. The van der Waals surface area contributed by atoms with E-state index in [4.69, 9.17) is 0 Å². The predicted molar refractivity (Wildman–Crippen MR) is 98.8 cm³/mol. The van der Waals surface area contributed by atoms with Crippen LogP contribution in [0.1, 0.15) is 28.5 Å². The number of hydrogen-bond donors (Lipinski definition) is 1. The van der Waals surface area contributed by atoms with Crippen molar-refractivity contribution in [3.05, 3.63) is 89.7 Å². The monoisotopic (exact) mass is 332 g/mol. The fourth-order valence-corrected chi connectivity index (χ4v) is 2.67. The zero-order valence-corrected chi connectivity index (χ0v) is 14.1. The van der Waals surface area contributed by atoms with Crippen LogP contribution < -0.4 is 5.32 Å². The van der Waals surface area contributed by atoms with Crippen LogP contribution in [0.5, 0.6) is 0 Å². The fraction of sp³-hybridized carbons (Fsp3) is 0.143. The number of nitrogens with one attached hydrogen (secondary N) is 1. The number of carbonyl (C=O) groups excluding carboxylic acids is 2. The largest absolute Gasteiger partial charge is 0.340 e. The van der Waals surface area contributed by atoms with E-state index in [1.165, 1.54) is 5.56 Å². The fourth-order valence-electron chi connectivity index (χ4n) is 2.67. The molecule has 126 valence electrons. The molecule has 0 aliphatic heterocycles. The third-order valence-corrected chi connectivity index (χ3v) is 4.08. The second-order valence-electron chi connectivity index (χ2n) is 5.84. The van der Waals surface area contributed by atoms with Crippen LogP contribution in [-0.4, -0.2) is 16.3 Å². The summed E-state index contributed by atoms with van der Waals surface area (Å²) in [7, 11) is 0. The number of anilines is 1. The molecule has 0 spiro atoms.